The Balaban J connectivity index is 1.65. The second kappa shape index (κ2) is 10.6. The van der Waals surface area contributed by atoms with Crippen LogP contribution < -0.4 is 14.8 Å². The van der Waals surface area contributed by atoms with E-state index in [-0.39, 0.29) is 22.9 Å². The number of ether oxygens (including phenoxy) is 2. The van der Waals surface area contributed by atoms with Crippen molar-refractivity contribution < 1.29 is 28.2 Å². The average Bonchev–Trinajstić information content (AvgIpc) is 3.42. The molecular weight excluding hydrogens is 516 g/mol. The van der Waals surface area contributed by atoms with Crippen LogP contribution in [0.25, 0.3) is 10.2 Å². The maximum absolute atomic E-state index is 14.9. The number of rotatable bonds is 8. The molecule has 0 bridgehead atoms. The molecule has 9 nitrogen and oxygen atoms in total. The van der Waals surface area contributed by atoms with Gasteiger partial charge in [0.15, 0.2) is 23.1 Å². The molecule has 1 amide bonds. The molecule has 3 heterocycles. The number of carbonyl (C=O) groups excluding carboxylic acids is 1. The summed E-state index contributed by atoms with van der Waals surface area (Å²) in [5.74, 6) is -3.04. The summed E-state index contributed by atoms with van der Waals surface area (Å²) in [6.07, 6.45) is 2.94. The SMILES string of the molecule is COc1cc(OC)c(F)c(C(O)c2nc3cc(Cc4nn(C)cc4NC(=O)C=CCl)ncc3s2)c1F. The van der Waals surface area contributed by atoms with Gasteiger partial charge in [-0.05, 0) is 6.07 Å². The number of aliphatic hydroxyl groups is 1. The van der Waals surface area contributed by atoms with Crippen LogP contribution in [-0.4, -0.2) is 45.0 Å². The third-order valence-corrected chi connectivity index (χ3v) is 6.37. The number of benzene rings is 1. The summed E-state index contributed by atoms with van der Waals surface area (Å²) in [5.41, 5.74) is 2.58. The first kappa shape index (κ1) is 25.5. The van der Waals surface area contributed by atoms with Crippen molar-refractivity contribution in [2.45, 2.75) is 12.5 Å². The van der Waals surface area contributed by atoms with Gasteiger partial charge in [0.2, 0.25) is 5.91 Å². The molecule has 1 aromatic carbocycles. The van der Waals surface area contributed by atoms with Crippen LogP contribution in [0.4, 0.5) is 14.5 Å². The monoisotopic (exact) mass is 535 g/mol. The largest absolute Gasteiger partial charge is 0.494 e. The van der Waals surface area contributed by atoms with Gasteiger partial charge in [-0.3, -0.25) is 14.5 Å². The molecule has 36 heavy (non-hydrogen) atoms. The first-order chi connectivity index (χ1) is 17.2. The summed E-state index contributed by atoms with van der Waals surface area (Å²) in [7, 11) is 4.17. The number of hydrogen-bond donors (Lipinski definition) is 2. The van der Waals surface area contributed by atoms with Crippen molar-refractivity contribution in [1.29, 1.82) is 0 Å². The van der Waals surface area contributed by atoms with E-state index in [0.717, 1.165) is 22.9 Å². The Labute approximate surface area is 213 Å². The Bertz CT molecular complexity index is 1440. The van der Waals surface area contributed by atoms with Crippen LogP contribution in [0.5, 0.6) is 11.5 Å². The molecule has 1 unspecified atom stereocenters. The zero-order chi connectivity index (χ0) is 26.0. The summed E-state index contributed by atoms with van der Waals surface area (Å²) < 4.78 is 41.8. The zero-order valence-corrected chi connectivity index (χ0v) is 20.8. The van der Waals surface area contributed by atoms with Gasteiger partial charge in [-0.25, -0.2) is 13.8 Å². The molecule has 4 aromatic rings. The van der Waals surface area contributed by atoms with E-state index in [9.17, 15) is 18.7 Å². The van der Waals surface area contributed by atoms with Gasteiger partial charge < -0.3 is 19.9 Å². The highest BCUT2D eigenvalue weighted by atomic mass is 35.5. The molecule has 4 rings (SSSR count). The van der Waals surface area contributed by atoms with Crippen molar-refractivity contribution in [2.24, 2.45) is 7.05 Å². The normalized spacial score (nSPS) is 12.3. The fourth-order valence-corrected chi connectivity index (χ4v) is 4.58. The number of halogens is 3. The third-order valence-electron chi connectivity index (χ3n) is 5.19. The Morgan fingerprint density at radius 1 is 1.28 bits per heavy atom. The second-order valence-corrected chi connectivity index (χ2v) is 8.86. The molecule has 3 aromatic heterocycles. The fraction of sp³-hybridized carbons (Fsp3) is 0.217. The van der Waals surface area contributed by atoms with Crippen LogP contribution in [0.1, 0.15) is 28.1 Å². The van der Waals surface area contributed by atoms with Gasteiger partial charge in [0, 0.05) is 49.2 Å². The first-order valence-electron chi connectivity index (χ1n) is 10.4. The first-order valence-corrected chi connectivity index (χ1v) is 11.6. The second-order valence-electron chi connectivity index (χ2n) is 7.54. The number of amides is 1. The van der Waals surface area contributed by atoms with Gasteiger partial charge in [0.05, 0.1) is 41.4 Å². The van der Waals surface area contributed by atoms with Gasteiger partial charge in [-0.15, -0.1) is 11.3 Å². The van der Waals surface area contributed by atoms with E-state index < -0.39 is 29.2 Å². The van der Waals surface area contributed by atoms with Crippen molar-refractivity contribution in [2.75, 3.05) is 19.5 Å². The maximum atomic E-state index is 14.9. The molecule has 0 aliphatic carbocycles. The molecule has 0 spiro atoms. The highest BCUT2D eigenvalue weighted by molar-refractivity contribution is 7.18. The smallest absolute Gasteiger partial charge is 0.249 e. The summed E-state index contributed by atoms with van der Waals surface area (Å²) >= 11 is 6.50. The number of methoxy groups -OCH3 is 2. The molecule has 0 saturated carbocycles. The van der Waals surface area contributed by atoms with Crippen LogP contribution in [0.15, 0.2) is 36.1 Å². The quantitative estimate of drug-likeness (QED) is 0.327. The number of nitrogens with zero attached hydrogens (tertiary/aromatic N) is 4. The molecule has 0 radical (unpaired) electrons. The molecule has 1 atom stereocenters. The van der Waals surface area contributed by atoms with E-state index in [1.165, 1.54) is 20.3 Å². The van der Waals surface area contributed by atoms with Crippen molar-refractivity contribution in [3.05, 3.63) is 69.7 Å². The van der Waals surface area contributed by atoms with Crippen LogP contribution in [-0.2, 0) is 18.3 Å². The highest BCUT2D eigenvalue weighted by Crippen LogP contribution is 2.39. The lowest BCUT2D eigenvalue weighted by molar-refractivity contribution is -0.111. The number of nitrogens with one attached hydrogen (secondary N) is 1. The minimum atomic E-state index is -1.71. The van der Waals surface area contributed by atoms with Crippen molar-refractivity contribution in [3.8, 4) is 11.5 Å². The standard InChI is InChI=1S/C23H20ClF2N5O4S/c1-31-10-14(28-18(32)4-5-24)12(30-31)6-11-7-13-17(9-27-11)36-23(29-13)22(33)19-20(25)15(34-2)8-16(35-3)21(19)26/h4-5,7-10,22,33H,6H2,1-3H3,(H,28,32). The van der Waals surface area contributed by atoms with E-state index in [1.54, 1.807) is 30.2 Å². The fourth-order valence-electron chi connectivity index (χ4n) is 3.55. The van der Waals surface area contributed by atoms with Gasteiger partial charge >= 0.3 is 0 Å². The molecule has 188 valence electrons. The van der Waals surface area contributed by atoms with Crippen molar-refractivity contribution >= 4 is 44.7 Å². The van der Waals surface area contributed by atoms with E-state index in [4.69, 9.17) is 21.1 Å². The third kappa shape index (κ3) is 5.01. The molecule has 0 fully saturated rings. The number of fused-ring (bicyclic) bond motifs is 1. The number of pyridine rings is 1. The minimum absolute atomic E-state index is 0.0655. The lowest BCUT2D eigenvalue weighted by Crippen LogP contribution is -2.09. The summed E-state index contributed by atoms with van der Waals surface area (Å²) in [4.78, 5) is 20.7. The van der Waals surface area contributed by atoms with Crippen molar-refractivity contribution in [3.63, 3.8) is 0 Å². The number of aromatic nitrogens is 4. The number of anilines is 1. The van der Waals surface area contributed by atoms with E-state index >= 15 is 0 Å². The predicted molar refractivity (Wildman–Crippen MR) is 131 cm³/mol. The zero-order valence-electron chi connectivity index (χ0n) is 19.3. The van der Waals surface area contributed by atoms with Crippen LogP contribution >= 0.6 is 22.9 Å². The topological polar surface area (TPSA) is 111 Å². The van der Waals surface area contributed by atoms with Crippen LogP contribution in [0.3, 0.4) is 0 Å². The average molecular weight is 536 g/mol. The van der Waals surface area contributed by atoms with Gasteiger partial charge in [0.1, 0.15) is 11.1 Å². The summed E-state index contributed by atoms with van der Waals surface area (Å²) in [6, 6.07) is 2.75. The number of aliphatic hydroxyl groups excluding tert-OH is 1. The van der Waals surface area contributed by atoms with Crippen LogP contribution in [0, 0.1) is 11.6 Å². The molecular formula is C23H20ClF2N5O4S. The molecule has 2 N–H and O–H groups in total. The summed E-state index contributed by atoms with van der Waals surface area (Å²) in [6.45, 7) is 0. The molecule has 13 heteroatoms. The number of hydrogen-bond acceptors (Lipinski definition) is 8. The highest BCUT2D eigenvalue weighted by Gasteiger charge is 2.29. The lowest BCUT2D eigenvalue weighted by atomic mass is 10.1. The molecule has 0 aliphatic rings. The van der Waals surface area contributed by atoms with E-state index in [1.807, 2.05) is 0 Å². The van der Waals surface area contributed by atoms with Gasteiger partial charge in [-0.2, -0.15) is 5.10 Å². The Kier molecular flexibility index (Phi) is 7.48. The summed E-state index contributed by atoms with van der Waals surface area (Å²) in [5, 5.41) is 18.0. The van der Waals surface area contributed by atoms with Crippen LogP contribution in [0.2, 0.25) is 0 Å². The van der Waals surface area contributed by atoms with Gasteiger partial charge in [-0.1, -0.05) is 11.6 Å². The number of carbonyl (C=O) groups is 1. The Morgan fingerprint density at radius 3 is 2.61 bits per heavy atom. The number of aryl methyl sites for hydroxylation is 1. The number of thiazole rings is 1. The van der Waals surface area contributed by atoms with E-state index in [0.29, 0.717) is 27.3 Å². The Hall–Kier alpha value is -3.61. The minimum Gasteiger partial charge on any atom is -0.494 e. The molecule has 0 saturated heterocycles. The van der Waals surface area contributed by atoms with E-state index in [2.05, 4.69) is 20.4 Å². The Morgan fingerprint density at radius 2 is 1.97 bits per heavy atom. The lowest BCUT2D eigenvalue weighted by Gasteiger charge is -2.15. The van der Waals surface area contributed by atoms with Crippen molar-refractivity contribution in [1.82, 2.24) is 19.7 Å². The van der Waals surface area contributed by atoms with Gasteiger partial charge in [0.25, 0.3) is 0 Å². The molecule has 0 aliphatic heterocycles. The maximum Gasteiger partial charge on any atom is 0.249 e. The predicted octanol–water partition coefficient (Wildman–Crippen LogP) is 4.08.